The number of fused-ring (bicyclic) bond motifs is 1. The zero-order valence-corrected chi connectivity index (χ0v) is 10.9. The Hall–Kier alpha value is -2.01. The van der Waals surface area contributed by atoms with Crippen molar-refractivity contribution in [1.82, 2.24) is 10.3 Å². The van der Waals surface area contributed by atoms with Gasteiger partial charge in [-0.25, -0.2) is 4.39 Å². The molecule has 1 aromatic heterocycles. The monoisotopic (exact) mass is 274 g/mol. The van der Waals surface area contributed by atoms with Crippen LogP contribution in [0.4, 0.5) is 4.39 Å². The van der Waals surface area contributed by atoms with Crippen molar-refractivity contribution >= 4 is 16.8 Å². The van der Waals surface area contributed by atoms with Gasteiger partial charge in [0.2, 0.25) is 0 Å². The first-order valence-corrected chi connectivity index (χ1v) is 6.66. The first-order valence-electron chi connectivity index (χ1n) is 6.66. The van der Waals surface area contributed by atoms with Crippen molar-refractivity contribution in [2.45, 2.75) is 18.9 Å². The zero-order valence-electron chi connectivity index (χ0n) is 10.9. The van der Waals surface area contributed by atoms with Crippen molar-refractivity contribution in [3.8, 4) is 0 Å². The van der Waals surface area contributed by atoms with Gasteiger partial charge >= 0.3 is 0 Å². The van der Waals surface area contributed by atoms with E-state index in [4.69, 9.17) is 4.74 Å². The van der Waals surface area contributed by atoms with E-state index >= 15 is 0 Å². The highest BCUT2D eigenvalue weighted by Crippen LogP contribution is 2.15. The lowest BCUT2D eigenvalue weighted by atomic mass is 10.1. The summed E-state index contributed by atoms with van der Waals surface area (Å²) in [6.07, 6.45) is 3.16. The second-order valence-electron chi connectivity index (χ2n) is 4.92. The Bertz CT molecular complexity index is 639. The fourth-order valence-electron chi connectivity index (χ4n) is 2.34. The molecular weight excluding hydrogens is 259 g/mol. The van der Waals surface area contributed by atoms with Gasteiger partial charge in [-0.05, 0) is 37.1 Å². The summed E-state index contributed by atoms with van der Waals surface area (Å²) in [5, 5.41) is 3.59. The summed E-state index contributed by atoms with van der Waals surface area (Å²) in [5.74, 6) is -0.503. The summed E-state index contributed by atoms with van der Waals surface area (Å²) >= 11 is 0. The standard InChI is InChI=1S/C15H15FN2O2/c16-12-1-2-14-10(8-12)7-11(9-17-14)15(19)18-13-3-5-20-6-4-13/h1-2,7-9,13H,3-6H2,(H,18,19). The quantitative estimate of drug-likeness (QED) is 0.914. The topological polar surface area (TPSA) is 51.2 Å². The maximum absolute atomic E-state index is 13.2. The molecule has 20 heavy (non-hydrogen) atoms. The van der Waals surface area contributed by atoms with Gasteiger partial charge < -0.3 is 10.1 Å². The van der Waals surface area contributed by atoms with Gasteiger partial charge in [-0.15, -0.1) is 0 Å². The van der Waals surface area contributed by atoms with E-state index in [0.29, 0.717) is 29.7 Å². The molecule has 0 radical (unpaired) electrons. The smallest absolute Gasteiger partial charge is 0.253 e. The predicted octanol–water partition coefficient (Wildman–Crippen LogP) is 2.28. The molecule has 0 spiro atoms. The molecule has 1 N–H and O–H groups in total. The summed E-state index contributed by atoms with van der Waals surface area (Å²) in [5.41, 5.74) is 1.13. The van der Waals surface area contributed by atoms with Crippen molar-refractivity contribution in [2.24, 2.45) is 0 Å². The highest BCUT2D eigenvalue weighted by atomic mass is 19.1. The number of carbonyl (C=O) groups excluding carboxylic acids is 1. The van der Waals surface area contributed by atoms with Crippen LogP contribution in [0.1, 0.15) is 23.2 Å². The van der Waals surface area contributed by atoms with E-state index in [1.54, 1.807) is 12.1 Å². The molecule has 2 aromatic rings. The molecule has 1 fully saturated rings. The molecule has 5 heteroatoms. The van der Waals surface area contributed by atoms with E-state index in [1.807, 2.05) is 0 Å². The van der Waals surface area contributed by atoms with E-state index in [9.17, 15) is 9.18 Å². The average Bonchev–Trinajstić information content (AvgIpc) is 2.47. The van der Waals surface area contributed by atoms with Gasteiger partial charge in [0.05, 0.1) is 11.1 Å². The molecule has 3 rings (SSSR count). The van der Waals surface area contributed by atoms with Crippen LogP contribution in [0.5, 0.6) is 0 Å². The molecule has 1 saturated heterocycles. The number of nitrogens with zero attached hydrogens (tertiary/aromatic N) is 1. The lowest BCUT2D eigenvalue weighted by molar-refractivity contribution is 0.0696. The lowest BCUT2D eigenvalue weighted by Gasteiger charge is -2.23. The second kappa shape index (κ2) is 5.54. The van der Waals surface area contributed by atoms with Gasteiger partial charge in [0.15, 0.2) is 0 Å². The molecule has 104 valence electrons. The SMILES string of the molecule is O=C(NC1CCOCC1)c1cnc2ccc(F)cc2c1. The average molecular weight is 274 g/mol. The molecule has 0 bridgehead atoms. The fourth-order valence-corrected chi connectivity index (χ4v) is 2.34. The molecule has 2 heterocycles. The van der Waals surface area contributed by atoms with Crippen molar-refractivity contribution in [2.75, 3.05) is 13.2 Å². The molecule has 0 unspecified atom stereocenters. The Balaban J connectivity index is 1.80. The number of amides is 1. The van der Waals surface area contributed by atoms with Crippen LogP contribution in [0.2, 0.25) is 0 Å². The van der Waals surface area contributed by atoms with Gasteiger partial charge in [0.25, 0.3) is 5.91 Å². The van der Waals surface area contributed by atoms with Gasteiger partial charge in [-0.3, -0.25) is 9.78 Å². The maximum Gasteiger partial charge on any atom is 0.253 e. The first kappa shape index (κ1) is 13.0. The third-order valence-corrected chi connectivity index (χ3v) is 3.46. The van der Waals surface area contributed by atoms with Crippen molar-refractivity contribution in [3.63, 3.8) is 0 Å². The number of benzene rings is 1. The Kier molecular flexibility index (Phi) is 3.60. The number of hydrogen-bond acceptors (Lipinski definition) is 3. The normalized spacial score (nSPS) is 16.2. The third-order valence-electron chi connectivity index (χ3n) is 3.46. The number of aromatic nitrogens is 1. The van der Waals surface area contributed by atoms with Gasteiger partial charge in [-0.2, -0.15) is 0 Å². The number of carbonyl (C=O) groups is 1. The molecule has 1 aliphatic heterocycles. The number of hydrogen-bond donors (Lipinski definition) is 1. The van der Waals surface area contributed by atoms with E-state index in [0.717, 1.165) is 12.8 Å². The Labute approximate surface area is 116 Å². The van der Waals surface area contributed by atoms with Crippen molar-refractivity contribution in [1.29, 1.82) is 0 Å². The fraction of sp³-hybridized carbons (Fsp3) is 0.333. The maximum atomic E-state index is 13.2. The summed E-state index contributed by atoms with van der Waals surface area (Å²) in [6.45, 7) is 1.35. The van der Waals surface area contributed by atoms with Gasteiger partial charge in [0, 0.05) is 30.8 Å². The molecule has 1 aliphatic rings. The highest BCUT2D eigenvalue weighted by Gasteiger charge is 2.17. The number of ether oxygens (including phenoxy) is 1. The number of rotatable bonds is 2. The van der Waals surface area contributed by atoms with Crippen LogP contribution >= 0.6 is 0 Å². The summed E-state index contributed by atoms with van der Waals surface area (Å²) in [7, 11) is 0. The molecule has 0 saturated carbocycles. The largest absolute Gasteiger partial charge is 0.381 e. The second-order valence-corrected chi connectivity index (χ2v) is 4.92. The molecule has 1 aromatic carbocycles. The van der Waals surface area contributed by atoms with Gasteiger partial charge in [-0.1, -0.05) is 0 Å². The Morgan fingerprint density at radius 3 is 2.90 bits per heavy atom. The Morgan fingerprint density at radius 1 is 1.30 bits per heavy atom. The molecular formula is C15H15FN2O2. The highest BCUT2D eigenvalue weighted by molar-refractivity contribution is 5.97. The summed E-state index contributed by atoms with van der Waals surface area (Å²) in [4.78, 5) is 16.3. The van der Waals surface area contributed by atoms with E-state index in [-0.39, 0.29) is 17.8 Å². The van der Waals surface area contributed by atoms with Crippen LogP contribution in [0.15, 0.2) is 30.5 Å². The zero-order chi connectivity index (χ0) is 13.9. The number of nitrogens with one attached hydrogen (secondary N) is 1. The predicted molar refractivity (Wildman–Crippen MR) is 73.0 cm³/mol. The number of halogens is 1. The molecule has 1 amide bonds. The van der Waals surface area contributed by atoms with Crippen LogP contribution in [-0.2, 0) is 4.74 Å². The minimum absolute atomic E-state index is 0.138. The molecule has 4 nitrogen and oxygen atoms in total. The van der Waals surface area contributed by atoms with Crippen LogP contribution in [-0.4, -0.2) is 30.1 Å². The van der Waals surface area contributed by atoms with Crippen molar-refractivity contribution < 1.29 is 13.9 Å². The van der Waals surface area contributed by atoms with Crippen LogP contribution in [0, 0.1) is 5.82 Å². The van der Waals surface area contributed by atoms with E-state index < -0.39 is 0 Å². The summed E-state index contributed by atoms with van der Waals surface area (Å²) < 4.78 is 18.5. The van der Waals surface area contributed by atoms with E-state index in [1.165, 1.54) is 18.3 Å². The minimum atomic E-state index is -0.332. The van der Waals surface area contributed by atoms with Gasteiger partial charge in [0.1, 0.15) is 5.82 Å². The summed E-state index contributed by atoms with van der Waals surface area (Å²) in [6, 6.07) is 6.15. The van der Waals surface area contributed by atoms with Crippen LogP contribution < -0.4 is 5.32 Å². The van der Waals surface area contributed by atoms with Crippen LogP contribution in [0.3, 0.4) is 0 Å². The first-order chi connectivity index (χ1) is 9.72. The van der Waals surface area contributed by atoms with Crippen molar-refractivity contribution in [3.05, 3.63) is 41.8 Å². The minimum Gasteiger partial charge on any atom is -0.381 e. The Morgan fingerprint density at radius 2 is 2.10 bits per heavy atom. The molecule has 0 atom stereocenters. The van der Waals surface area contributed by atoms with Crippen LogP contribution in [0.25, 0.3) is 10.9 Å². The lowest BCUT2D eigenvalue weighted by Crippen LogP contribution is -2.38. The number of pyridine rings is 1. The molecule has 0 aliphatic carbocycles. The third kappa shape index (κ3) is 2.77. The van der Waals surface area contributed by atoms with E-state index in [2.05, 4.69) is 10.3 Å².